The number of ether oxygens (including phenoxy) is 1. The van der Waals surface area contributed by atoms with Gasteiger partial charge >= 0.3 is 18.6 Å². The van der Waals surface area contributed by atoms with Gasteiger partial charge in [0.2, 0.25) is 0 Å². The number of oxime groups is 1. The summed E-state index contributed by atoms with van der Waals surface area (Å²) in [5, 5.41) is 9.61. The van der Waals surface area contributed by atoms with E-state index in [1.54, 1.807) is 6.92 Å². The second-order valence-electron chi connectivity index (χ2n) is 9.59. The second kappa shape index (κ2) is 11.1. The van der Waals surface area contributed by atoms with Crippen LogP contribution in [0.1, 0.15) is 56.6 Å². The molecule has 2 atom stereocenters. The molecule has 2 aromatic rings. The van der Waals surface area contributed by atoms with E-state index in [9.17, 15) is 31.1 Å². The van der Waals surface area contributed by atoms with E-state index < -0.39 is 47.6 Å². The Balaban J connectivity index is 1.81. The normalized spacial score (nSPS) is 19.6. The first-order chi connectivity index (χ1) is 18.0. The number of amides is 2. The molecule has 206 valence electrons. The van der Waals surface area contributed by atoms with Crippen LogP contribution in [0.4, 0.5) is 31.1 Å². The first kappa shape index (κ1) is 27.6. The molecule has 1 unspecified atom stereocenters. The molecule has 2 amide bonds. The van der Waals surface area contributed by atoms with Crippen molar-refractivity contribution in [3.05, 3.63) is 65.2 Å². The Morgan fingerprint density at radius 3 is 2.37 bits per heavy atom. The van der Waals surface area contributed by atoms with Crippen molar-refractivity contribution in [2.45, 2.75) is 75.7 Å². The van der Waals surface area contributed by atoms with Gasteiger partial charge < -0.3 is 20.2 Å². The maximum atomic E-state index is 14.8. The average Bonchev–Trinajstić information content (AvgIpc) is 3.49. The summed E-state index contributed by atoms with van der Waals surface area (Å²) < 4.78 is 85.9. The molecule has 1 aliphatic carbocycles. The van der Waals surface area contributed by atoms with Crippen molar-refractivity contribution in [2.24, 2.45) is 5.16 Å². The number of alkyl halides is 4. The van der Waals surface area contributed by atoms with E-state index in [0.717, 1.165) is 49.9 Å². The molecule has 0 radical (unpaired) electrons. The lowest BCUT2D eigenvalue weighted by atomic mass is 9.77. The molecule has 2 aromatic carbocycles. The van der Waals surface area contributed by atoms with Crippen molar-refractivity contribution < 1.29 is 40.7 Å². The molecule has 0 saturated heterocycles. The number of carbonyl (C=O) groups is 1. The predicted octanol–water partition coefficient (Wildman–Crippen LogP) is 6.24. The zero-order valence-electron chi connectivity index (χ0n) is 20.5. The Labute approximate surface area is 215 Å². The van der Waals surface area contributed by atoms with Gasteiger partial charge in [0.1, 0.15) is 23.5 Å². The average molecular weight is 544 g/mol. The molecule has 2 N–H and O–H groups in total. The van der Waals surface area contributed by atoms with Gasteiger partial charge in [0.25, 0.3) is 0 Å². The third kappa shape index (κ3) is 6.33. The van der Waals surface area contributed by atoms with E-state index in [-0.39, 0.29) is 23.6 Å². The van der Waals surface area contributed by atoms with Gasteiger partial charge in [0.15, 0.2) is 0 Å². The summed E-state index contributed by atoms with van der Waals surface area (Å²) in [7, 11) is 0. The van der Waals surface area contributed by atoms with Gasteiger partial charge in [-0.05, 0) is 55.2 Å². The minimum Gasteiger partial charge on any atom is -0.428 e. The minimum absolute atomic E-state index is 0.0777. The zero-order valence-corrected chi connectivity index (χ0v) is 20.5. The number of nitrogens with zero attached hydrogens (tertiary/aromatic N) is 1. The van der Waals surface area contributed by atoms with E-state index in [2.05, 4.69) is 20.5 Å². The Morgan fingerprint density at radius 2 is 1.76 bits per heavy atom. The fourth-order valence-corrected chi connectivity index (χ4v) is 4.91. The number of benzene rings is 2. The van der Waals surface area contributed by atoms with Crippen LogP contribution in [0, 0.1) is 11.6 Å². The number of urea groups is 1. The first-order valence-corrected chi connectivity index (χ1v) is 12.2. The summed E-state index contributed by atoms with van der Waals surface area (Å²) >= 11 is 0. The Kier molecular flexibility index (Phi) is 8.08. The van der Waals surface area contributed by atoms with Crippen molar-refractivity contribution in [1.29, 1.82) is 0 Å². The number of hydrogen-bond acceptors (Lipinski definition) is 4. The molecule has 4 rings (SSSR count). The molecule has 1 saturated carbocycles. The number of nitrogens with one attached hydrogen (secondary N) is 2. The zero-order chi connectivity index (χ0) is 27.5. The summed E-state index contributed by atoms with van der Waals surface area (Å²) in [5.41, 5.74) is -0.857. The van der Waals surface area contributed by atoms with Crippen molar-refractivity contribution in [2.75, 3.05) is 0 Å². The molecule has 38 heavy (non-hydrogen) atoms. The number of carbonyl (C=O) groups excluding carboxylic acids is 1. The second-order valence-corrected chi connectivity index (χ2v) is 9.59. The summed E-state index contributed by atoms with van der Waals surface area (Å²) in [5.74, 6) is -2.55. The highest BCUT2D eigenvalue weighted by molar-refractivity contribution is 5.83. The van der Waals surface area contributed by atoms with Gasteiger partial charge in [-0.25, -0.2) is 13.6 Å². The number of rotatable bonds is 9. The van der Waals surface area contributed by atoms with E-state index in [4.69, 9.17) is 4.84 Å². The van der Waals surface area contributed by atoms with E-state index in [0.29, 0.717) is 18.2 Å². The summed E-state index contributed by atoms with van der Waals surface area (Å²) in [4.78, 5) is 18.7. The lowest BCUT2D eigenvalue weighted by molar-refractivity contribution is -0.253. The lowest BCUT2D eigenvalue weighted by Crippen LogP contribution is -2.54. The van der Waals surface area contributed by atoms with Crippen LogP contribution < -0.4 is 15.4 Å². The van der Waals surface area contributed by atoms with Crippen LogP contribution in [0.15, 0.2) is 47.6 Å². The Hall–Kier alpha value is -3.44. The SMILES string of the molecule is CC1=NOC(C[C@](NC(=O)NC2CCCC2)(c2ccc(F)cc2)c2cc(F)cc(OC(F)(F)C(F)F)c2)C1. The smallest absolute Gasteiger partial charge is 0.428 e. The highest BCUT2D eigenvalue weighted by Gasteiger charge is 2.45. The molecular formula is C26H27F6N3O3. The topological polar surface area (TPSA) is 72.0 Å². The number of halogens is 6. The monoisotopic (exact) mass is 543 g/mol. The van der Waals surface area contributed by atoms with Gasteiger partial charge in [-0.2, -0.15) is 17.6 Å². The highest BCUT2D eigenvalue weighted by atomic mass is 19.3. The van der Waals surface area contributed by atoms with Crippen LogP contribution in [-0.4, -0.2) is 36.4 Å². The van der Waals surface area contributed by atoms with Crippen LogP contribution in [0.3, 0.4) is 0 Å². The molecule has 2 aliphatic rings. The van der Waals surface area contributed by atoms with Gasteiger partial charge in [-0.1, -0.05) is 30.1 Å². The van der Waals surface area contributed by atoms with Crippen molar-refractivity contribution in [3.63, 3.8) is 0 Å². The molecule has 1 fully saturated rings. The van der Waals surface area contributed by atoms with Crippen LogP contribution in [0.2, 0.25) is 0 Å². The largest absolute Gasteiger partial charge is 0.461 e. The quantitative estimate of drug-likeness (QED) is 0.368. The fourth-order valence-electron chi connectivity index (χ4n) is 4.91. The fraction of sp³-hybridized carbons (Fsp3) is 0.462. The molecule has 0 bridgehead atoms. The molecule has 0 aromatic heterocycles. The summed E-state index contributed by atoms with van der Waals surface area (Å²) in [6.07, 6.45) is -6.04. The Bertz CT molecular complexity index is 1170. The van der Waals surface area contributed by atoms with Crippen molar-refractivity contribution in [1.82, 2.24) is 10.6 Å². The van der Waals surface area contributed by atoms with Gasteiger partial charge in [0, 0.05) is 24.9 Å². The van der Waals surface area contributed by atoms with Gasteiger partial charge in [-0.3, -0.25) is 0 Å². The van der Waals surface area contributed by atoms with E-state index in [1.165, 1.54) is 12.1 Å². The third-order valence-electron chi connectivity index (χ3n) is 6.64. The summed E-state index contributed by atoms with van der Waals surface area (Å²) in [6, 6.07) is 6.66. The van der Waals surface area contributed by atoms with Crippen LogP contribution in [0.25, 0.3) is 0 Å². The number of hydrogen-bond donors (Lipinski definition) is 2. The predicted molar refractivity (Wildman–Crippen MR) is 126 cm³/mol. The molecular weight excluding hydrogens is 516 g/mol. The minimum atomic E-state index is -4.89. The van der Waals surface area contributed by atoms with Crippen LogP contribution in [0.5, 0.6) is 5.75 Å². The standard InChI is InChI=1S/C26H27F6N3O3/c1-15-10-22(38-35-15)14-25(16-6-8-18(27)9-7-16,34-24(36)33-20-4-2-3-5-20)17-11-19(28)13-21(12-17)37-26(31,32)23(29)30/h6-9,11-13,20,22-23H,2-5,10,14H2,1H3,(H2,33,34,36)/t22?,25-/m0/s1. The lowest BCUT2D eigenvalue weighted by Gasteiger charge is -2.38. The van der Waals surface area contributed by atoms with Gasteiger partial charge in [-0.15, -0.1) is 0 Å². The van der Waals surface area contributed by atoms with Crippen LogP contribution in [-0.2, 0) is 10.4 Å². The first-order valence-electron chi connectivity index (χ1n) is 12.2. The molecule has 1 aliphatic heterocycles. The van der Waals surface area contributed by atoms with Crippen LogP contribution >= 0.6 is 0 Å². The summed E-state index contributed by atoms with van der Waals surface area (Å²) in [6.45, 7) is 1.72. The van der Waals surface area contributed by atoms with Crippen molar-refractivity contribution in [3.8, 4) is 5.75 Å². The molecule has 12 heteroatoms. The molecule has 0 spiro atoms. The maximum absolute atomic E-state index is 14.8. The third-order valence-corrected chi connectivity index (χ3v) is 6.64. The maximum Gasteiger partial charge on any atom is 0.461 e. The van der Waals surface area contributed by atoms with E-state index >= 15 is 0 Å². The highest BCUT2D eigenvalue weighted by Crippen LogP contribution is 2.40. The van der Waals surface area contributed by atoms with E-state index in [1.807, 2.05) is 0 Å². The Morgan fingerprint density at radius 1 is 1.08 bits per heavy atom. The molecule has 6 nitrogen and oxygen atoms in total. The van der Waals surface area contributed by atoms with Gasteiger partial charge in [0.05, 0.1) is 11.3 Å². The van der Waals surface area contributed by atoms with Crippen molar-refractivity contribution >= 4 is 11.7 Å². The molecule has 1 heterocycles.